The standard InChI is InChI=1S/C14H18N4O3S/c1-3-21-14(20)17-6-4-16(5-7-17)12(19)11-8-18-10(2)9-22-13(18)15-11/h8-9H,3-7H2,1-2H3. The van der Waals surface area contributed by atoms with Crippen LogP contribution in [-0.2, 0) is 4.74 Å². The number of hydrogen-bond acceptors (Lipinski definition) is 5. The first-order valence-corrected chi connectivity index (χ1v) is 8.12. The highest BCUT2D eigenvalue weighted by atomic mass is 32.1. The molecule has 0 aliphatic carbocycles. The Hall–Kier alpha value is -2.09. The Morgan fingerprint density at radius 2 is 1.95 bits per heavy atom. The number of fused-ring (bicyclic) bond motifs is 1. The third-order valence-corrected chi connectivity index (χ3v) is 4.66. The molecule has 0 N–H and O–H groups in total. The average molecular weight is 322 g/mol. The minimum atomic E-state index is -0.312. The fourth-order valence-electron chi connectivity index (χ4n) is 2.47. The van der Waals surface area contributed by atoms with E-state index in [-0.39, 0.29) is 12.0 Å². The first-order chi connectivity index (χ1) is 10.6. The molecule has 2 amide bonds. The van der Waals surface area contributed by atoms with E-state index in [1.165, 1.54) is 11.3 Å². The van der Waals surface area contributed by atoms with Crippen molar-refractivity contribution in [2.45, 2.75) is 13.8 Å². The van der Waals surface area contributed by atoms with E-state index < -0.39 is 0 Å². The fraction of sp³-hybridized carbons (Fsp3) is 0.500. The molecule has 0 spiro atoms. The summed E-state index contributed by atoms with van der Waals surface area (Å²) in [6.45, 7) is 6.12. The zero-order valence-electron chi connectivity index (χ0n) is 12.6. The number of carbonyl (C=O) groups is 2. The maximum atomic E-state index is 12.5. The Morgan fingerprint density at radius 3 is 2.59 bits per heavy atom. The predicted octanol–water partition coefficient (Wildman–Crippen LogP) is 1.62. The largest absolute Gasteiger partial charge is 0.450 e. The molecule has 1 aliphatic rings. The number of imidazole rings is 1. The molecule has 1 aliphatic heterocycles. The smallest absolute Gasteiger partial charge is 0.409 e. The summed E-state index contributed by atoms with van der Waals surface area (Å²) in [5, 5.41) is 2.01. The van der Waals surface area contributed by atoms with Gasteiger partial charge in [0.25, 0.3) is 5.91 Å². The molecule has 2 aromatic rings. The Kier molecular flexibility index (Phi) is 4.02. The molecule has 0 aromatic carbocycles. The lowest BCUT2D eigenvalue weighted by atomic mass is 10.3. The molecule has 7 nitrogen and oxygen atoms in total. The molecule has 8 heteroatoms. The SMILES string of the molecule is CCOC(=O)N1CCN(C(=O)c2cn3c(C)csc3n2)CC1. The van der Waals surface area contributed by atoms with Crippen LogP contribution in [0, 0.1) is 6.92 Å². The molecule has 0 radical (unpaired) electrons. The number of nitrogens with zero attached hydrogens (tertiary/aromatic N) is 4. The Morgan fingerprint density at radius 1 is 1.27 bits per heavy atom. The van der Waals surface area contributed by atoms with E-state index in [0.29, 0.717) is 38.5 Å². The molecule has 0 unspecified atom stereocenters. The molecule has 0 saturated carbocycles. The summed E-state index contributed by atoms with van der Waals surface area (Å²) in [5.41, 5.74) is 1.53. The van der Waals surface area contributed by atoms with E-state index in [2.05, 4.69) is 4.98 Å². The third-order valence-electron chi connectivity index (χ3n) is 3.70. The van der Waals surface area contributed by atoms with Crippen LogP contribution in [0.1, 0.15) is 23.1 Å². The van der Waals surface area contributed by atoms with Crippen molar-refractivity contribution < 1.29 is 14.3 Å². The van der Waals surface area contributed by atoms with Gasteiger partial charge in [-0.15, -0.1) is 11.3 Å². The van der Waals surface area contributed by atoms with E-state index >= 15 is 0 Å². The molecular formula is C14H18N4O3S. The normalized spacial score (nSPS) is 15.4. The van der Waals surface area contributed by atoms with Gasteiger partial charge in [-0.05, 0) is 13.8 Å². The second-order valence-corrected chi connectivity index (χ2v) is 5.97. The van der Waals surface area contributed by atoms with E-state index in [1.54, 1.807) is 22.9 Å². The summed E-state index contributed by atoms with van der Waals surface area (Å²) >= 11 is 1.52. The van der Waals surface area contributed by atoms with Gasteiger partial charge in [-0.25, -0.2) is 9.78 Å². The fourth-order valence-corrected chi connectivity index (χ4v) is 3.32. The average Bonchev–Trinajstić information content (AvgIpc) is 3.09. The number of rotatable bonds is 2. The van der Waals surface area contributed by atoms with Crippen molar-refractivity contribution in [2.75, 3.05) is 32.8 Å². The highest BCUT2D eigenvalue weighted by molar-refractivity contribution is 7.15. The number of amides is 2. The van der Waals surface area contributed by atoms with Gasteiger partial charge in [-0.3, -0.25) is 9.20 Å². The summed E-state index contributed by atoms with van der Waals surface area (Å²) in [6.07, 6.45) is 1.47. The highest BCUT2D eigenvalue weighted by Crippen LogP contribution is 2.17. The van der Waals surface area contributed by atoms with Crippen LogP contribution >= 0.6 is 11.3 Å². The van der Waals surface area contributed by atoms with Crippen LogP contribution in [0.4, 0.5) is 4.79 Å². The van der Waals surface area contributed by atoms with E-state index in [9.17, 15) is 9.59 Å². The molecule has 1 saturated heterocycles. The number of aromatic nitrogens is 2. The number of ether oxygens (including phenoxy) is 1. The van der Waals surface area contributed by atoms with Crippen molar-refractivity contribution >= 4 is 28.3 Å². The highest BCUT2D eigenvalue weighted by Gasteiger charge is 2.26. The maximum absolute atomic E-state index is 12.5. The molecule has 3 rings (SSSR count). The minimum absolute atomic E-state index is 0.0844. The summed E-state index contributed by atoms with van der Waals surface area (Å²) in [5.74, 6) is -0.0844. The van der Waals surface area contributed by atoms with Crippen LogP contribution in [0.25, 0.3) is 4.96 Å². The van der Waals surface area contributed by atoms with Crippen molar-refractivity contribution in [3.63, 3.8) is 0 Å². The number of piperazine rings is 1. The van der Waals surface area contributed by atoms with Gasteiger partial charge in [0, 0.05) is 43.4 Å². The van der Waals surface area contributed by atoms with Crippen LogP contribution in [0.5, 0.6) is 0 Å². The number of carbonyl (C=O) groups excluding carboxylic acids is 2. The first-order valence-electron chi connectivity index (χ1n) is 7.24. The van der Waals surface area contributed by atoms with Crippen molar-refractivity contribution in [2.24, 2.45) is 0 Å². The van der Waals surface area contributed by atoms with Crippen molar-refractivity contribution in [3.8, 4) is 0 Å². The Balaban J connectivity index is 1.65. The predicted molar refractivity (Wildman–Crippen MR) is 82.3 cm³/mol. The van der Waals surface area contributed by atoms with Gasteiger partial charge in [-0.1, -0.05) is 0 Å². The quantitative estimate of drug-likeness (QED) is 0.842. The number of hydrogen-bond donors (Lipinski definition) is 0. The minimum Gasteiger partial charge on any atom is -0.450 e. The van der Waals surface area contributed by atoms with Crippen LogP contribution in [0.3, 0.4) is 0 Å². The summed E-state index contributed by atoms with van der Waals surface area (Å²) in [7, 11) is 0. The summed E-state index contributed by atoms with van der Waals surface area (Å²) < 4.78 is 6.90. The van der Waals surface area contributed by atoms with Gasteiger partial charge in [0.1, 0.15) is 5.69 Å². The Bertz CT molecular complexity index is 700. The van der Waals surface area contributed by atoms with Gasteiger partial charge >= 0.3 is 6.09 Å². The van der Waals surface area contributed by atoms with Gasteiger partial charge in [0.15, 0.2) is 4.96 Å². The second-order valence-electron chi connectivity index (χ2n) is 5.13. The maximum Gasteiger partial charge on any atom is 0.409 e. The first kappa shape index (κ1) is 14.8. The van der Waals surface area contributed by atoms with Crippen molar-refractivity contribution in [1.82, 2.24) is 19.2 Å². The van der Waals surface area contributed by atoms with Gasteiger partial charge < -0.3 is 14.5 Å². The van der Waals surface area contributed by atoms with Gasteiger partial charge in [-0.2, -0.15) is 0 Å². The van der Waals surface area contributed by atoms with E-state index in [4.69, 9.17) is 4.74 Å². The molecule has 118 valence electrons. The van der Waals surface area contributed by atoms with Crippen molar-refractivity contribution in [3.05, 3.63) is 23.0 Å². The van der Waals surface area contributed by atoms with Crippen LogP contribution in [0.2, 0.25) is 0 Å². The molecule has 1 fully saturated rings. The number of thiazole rings is 1. The number of aryl methyl sites for hydroxylation is 1. The third kappa shape index (κ3) is 2.66. The lowest BCUT2D eigenvalue weighted by Gasteiger charge is -2.33. The van der Waals surface area contributed by atoms with Gasteiger partial charge in [0.05, 0.1) is 6.61 Å². The van der Waals surface area contributed by atoms with E-state index in [0.717, 1.165) is 10.7 Å². The molecule has 22 heavy (non-hydrogen) atoms. The van der Waals surface area contributed by atoms with E-state index in [1.807, 2.05) is 16.7 Å². The zero-order chi connectivity index (χ0) is 15.7. The van der Waals surface area contributed by atoms with Crippen molar-refractivity contribution in [1.29, 1.82) is 0 Å². The zero-order valence-corrected chi connectivity index (χ0v) is 13.4. The van der Waals surface area contributed by atoms with Crippen LogP contribution < -0.4 is 0 Å². The molecule has 3 heterocycles. The molecule has 0 bridgehead atoms. The summed E-state index contributed by atoms with van der Waals surface area (Å²) in [4.78, 5) is 32.7. The van der Waals surface area contributed by atoms with Crippen LogP contribution in [0.15, 0.2) is 11.6 Å². The molecule has 0 atom stereocenters. The summed E-state index contributed by atoms with van der Waals surface area (Å²) in [6, 6.07) is 0. The topological polar surface area (TPSA) is 67.2 Å². The monoisotopic (exact) mass is 322 g/mol. The molecular weight excluding hydrogens is 304 g/mol. The van der Waals surface area contributed by atoms with Gasteiger partial charge in [0.2, 0.25) is 0 Å². The second kappa shape index (κ2) is 5.96. The lowest BCUT2D eigenvalue weighted by Crippen LogP contribution is -2.50. The molecule has 2 aromatic heterocycles. The van der Waals surface area contributed by atoms with Crippen LogP contribution in [-0.4, -0.2) is 64.0 Å². The lowest BCUT2D eigenvalue weighted by molar-refractivity contribution is 0.0566. The Labute approximate surface area is 132 Å².